The summed E-state index contributed by atoms with van der Waals surface area (Å²) in [4.78, 5) is 33.9. The molecule has 2 amide bonds. The fraction of sp³-hybridized carbons (Fsp3) is 0.750. The van der Waals surface area contributed by atoms with Gasteiger partial charge < -0.3 is 32.3 Å². The highest BCUT2D eigenvalue weighted by Gasteiger charge is 2.25. The predicted octanol–water partition coefficient (Wildman–Crippen LogP) is -2.49. The molecule has 0 spiro atoms. The van der Waals surface area contributed by atoms with Gasteiger partial charge in [0.15, 0.2) is 6.04 Å². The second kappa shape index (κ2) is 10.1. The van der Waals surface area contributed by atoms with E-state index in [4.69, 9.17) is 16.6 Å². The van der Waals surface area contributed by atoms with Crippen LogP contribution in [0.4, 0.5) is 0 Å². The number of aliphatic hydroxyl groups is 1. The van der Waals surface area contributed by atoms with Crippen molar-refractivity contribution in [2.75, 3.05) is 13.1 Å². The van der Waals surface area contributed by atoms with Crippen molar-refractivity contribution in [2.24, 2.45) is 11.5 Å². The number of nitrogens with one attached hydrogen (secondary N) is 2. The Hall–Kier alpha value is -1.71. The van der Waals surface area contributed by atoms with Crippen molar-refractivity contribution in [3.63, 3.8) is 0 Å². The lowest BCUT2D eigenvalue weighted by molar-refractivity contribution is -0.144. The number of aliphatic carboxylic acids is 1. The number of carbonyl (C=O) groups is 3. The fourth-order valence-electron chi connectivity index (χ4n) is 1.55. The molecule has 0 aromatic carbocycles. The van der Waals surface area contributed by atoms with Crippen molar-refractivity contribution in [1.82, 2.24) is 10.6 Å². The Kier molecular flexibility index (Phi) is 9.26. The first-order valence-electron chi connectivity index (χ1n) is 6.73. The molecule has 0 fully saturated rings. The second-order valence-electron chi connectivity index (χ2n) is 4.73. The predicted molar refractivity (Wildman–Crippen MR) is 75.1 cm³/mol. The molecule has 3 atom stereocenters. The lowest BCUT2D eigenvalue weighted by atomic mass is 10.1. The number of carbonyl (C=O) groups excluding carboxylic acids is 2. The summed E-state index contributed by atoms with van der Waals surface area (Å²) in [6.07, 6.45) is 0.674. The number of carboxylic acid groups (broad SMARTS) is 1. The highest BCUT2D eigenvalue weighted by Crippen LogP contribution is 1.98. The Labute approximate surface area is 123 Å². The minimum absolute atomic E-state index is 0.403. The van der Waals surface area contributed by atoms with Gasteiger partial charge in [0, 0.05) is 0 Å². The van der Waals surface area contributed by atoms with Crippen LogP contribution < -0.4 is 22.1 Å². The number of unbranched alkanes of at least 4 members (excludes halogenated alkanes) is 1. The molecule has 0 rings (SSSR count). The van der Waals surface area contributed by atoms with E-state index in [0.29, 0.717) is 19.4 Å². The zero-order chi connectivity index (χ0) is 16.4. The monoisotopic (exact) mass is 304 g/mol. The molecule has 0 heterocycles. The van der Waals surface area contributed by atoms with E-state index in [1.807, 2.05) is 0 Å². The summed E-state index contributed by atoms with van der Waals surface area (Å²) in [6, 6.07) is -2.16. The average Bonchev–Trinajstić information content (AvgIpc) is 2.41. The Bertz CT molecular complexity index is 362. The van der Waals surface area contributed by atoms with E-state index in [-0.39, 0.29) is 0 Å². The van der Waals surface area contributed by atoms with Crippen LogP contribution in [0, 0.1) is 0 Å². The van der Waals surface area contributed by atoms with Crippen LogP contribution in [0.3, 0.4) is 0 Å². The highest BCUT2D eigenvalue weighted by molar-refractivity contribution is 5.89. The van der Waals surface area contributed by atoms with Crippen LogP contribution in [0.2, 0.25) is 0 Å². The molecule has 3 unspecified atom stereocenters. The second-order valence-corrected chi connectivity index (χ2v) is 4.73. The SMILES string of the molecule is CC(O)C(NC(=O)CNC(=O)C(N)CCCCN)C(=O)O. The maximum absolute atomic E-state index is 11.6. The van der Waals surface area contributed by atoms with Crippen molar-refractivity contribution in [1.29, 1.82) is 0 Å². The van der Waals surface area contributed by atoms with Crippen LogP contribution in [0.25, 0.3) is 0 Å². The molecule has 0 aromatic rings. The summed E-state index contributed by atoms with van der Waals surface area (Å²) in [7, 11) is 0. The first-order valence-corrected chi connectivity index (χ1v) is 6.73. The lowest BCUT2D eigenvalue weighted by Crippen LogP contribution is -2.51. The first kappa shape index (κ1) is 19.3. The normalized spacial score (nSPS) is 14.9. The van der Waals surface area contributed by atoms with Crippen LogP contribution in [-0.4, -0.2) is 59.3 Å². The van der Waals surface area contributed by atoms with Gasteiger partial charge in [-0.2, -0.15) is 0 Å². The minimum Gasteiger partial charge on any atom is -0.480 e. The van der Waals surface area contributed by atoms with Gasteiger partial charge in [0.2, 0.25) is 11.8 Å². The van der Waals surface area contributed by atoms with Crippen molar-refractivity contribution in [3.8, 4) is 0 Å². The molecule has 0 aliphatic carbocycles. The number of hydrogen-bond acceptors (Lipinski definition) is 6. The van der Waals surface area contributed by atoms with Crippen molar-refractivity contribution >= 4 is 17.8 Å². The standard InChI is InChI=1S/C12H24N4O5/c1-7(17)10(12(20)21)16-9(18)6-15-11(19)8(14)4-2-3-5-13/h7-8,10,17H,2-6,13-14H2,1H3,(H,15,19)(H,16,18)(H,20,21). The Morgan fingerprint density at radius 1 is 1.24 bits per heavy atom. The summed E-state index contributed by atoms with van der Waals surface area (Å²) < 4.78 is 0. The third-order valence-electron chi connectivity index (χ3n) is 2.79. The molecule has 0 bridgehead atoms. The van der Waals surface area contributed by atoms with Gasteiger partial charge in [-0.05, 0) is 26.3 Å². The summed E-state index contributed by atoms with van der Waals surface area (Å²) >= 11 is 0. The maximum Gasteiger partial charge on any atom is 0.328 e. The van der Waals surface area contributed by atoms with Crippen molar-refractivity contribution in [2.45, 2.75) is 44.4 Å². The van der Waals surface area contributed by atoms with E-state index < -0.39 is 42.5 Å². The van der Waals surface area contributed by atoms with E-state index >= 15 is 0 Å². The zero-order valence-corrected chi connectivity index (χ0v) is 12.0. The molecular weight excluding hydrogens is 280 g/mol. The summed E-state index contributed by atoms with van der Waals surface area (Å²) in [5.74, 6) is -2.57. The van der Waals surface area contributed by atoms with Crippen LogP contribution in [0.15, 0.2) is 0 Å². The van der Waals surface area contributed by atoms with Crippen molar-refractivity contribution in [3.05, 3.63) is 0 Å². The van der Waals surface area contributed by atoms with Gasteiger partial charge in [-0.25, -0.2) is 4.79 Å². The number of hydrogen-bond donors (Lipinski definition) is 6. The van der Waals surface area contributed by atoms with Gasteiger partial charge >= 0.3 is 5.97 Å². The van der Waals surface area contributed by atoms with E-state index in [1.54, 1.807) is 0 Å². The quantitative estimate of drug-likeness (QED) is 0.243. The lowest BCUT2D eigenvalue weighted by Gasteiger charge is -2.17. The number of aliphatic hydroxyl groups excluding tert-OH is 1. The molecular formula is C12H24N4O5. The average molecular weight is 304 g/mol. The van der Waals surface area contributed by atoms with E-state index in [1.165, 1.54) is 6.92 Å². The first-order chi connectivity index (χ1) is 9.79. The number of nitrogens with two attached hydrogens (primary N) is 2. The molecule has 21 heavy (non-hydrogen) atoms. The Balaban J connectivity index is 4.11. The van der Waals surface area contributed by atoms with E-state index in [9.17, 15) is 19.5 Å². The molecule has 9 heteroatoms. The summed E-state index contributed by atoms with van der Waals surface area (Å²) in [6.45, 7) is 1.36. The van der Waals surface area contributed by atoms with Gasteiger partial charge in [-0.1, -0.05) is 6.42 Å². The Morgan fingerprint density at radius 3 is 2.33 bits per heavy atom. The Morgan fingerprint density at radius 2 is 1.86 bits per heavy atom. The largest absolute Gasteiger partial charge is 0.480 e. The van der Waals surface area contributed by atoms with Crippen LogP contribution in [-0.2, 0) is 14.4 Å². The third-order valence-corrected chi connectivity index (χ3v) is 2.79. The van der Waals surface area contributed by atoms with Gasteiger partial charge in [-0.3, -0.25) is 9.59 Å². The number of carboxylic acids is 1. The number of amides is 2. The van der Waals surface area contributed by atoms with E-state index in [0.717, 1.165) is 6.42 Å². The molecule has 0 aliphatic heterocycles. The van der Waals surface area contributed by atoms with Crippen LogP contribution in [0.1, 0.15) is 26.2 Å². The van der Waals surface area contributed by atoms with Crippen LogP contribution in [0.5, 0.6) is 0 Å². The van der Waals surface area contributed by atoms with E-state index in [2.05, 4.69) is 10.6 Å². The van der Waals surface area contributed by atoms with Gasteiger partial charge in [0.05, 0.1) is 18.7 Å². The third kappa shape index (κ3) is 8.23. The zero-order valence-electron chi connectivity index (χ0n) is 12.0. The summed E-state index contributed by atoms with van der Waals surface area (Å²) in [5, 5.41) is 22.4. The molecule has 0 saturated carbocycles. The van der Waals surface area contributed by atoms with Crippen LogP contribution >= 0.6 is 0 Å². The molecule has 9 nitrogen and oxygen atoms in total. The fourth-order valence-corrected chi connectivity index (χ4v) is 1.55. The van der Waals surface area contributed by atoms with Gasteiger partial charge in [0.1, 0.15) is 0 Å². The molecule has 0 radical (unpaired) electrons. The molecule has 0 saturated heterocycles. The molecule has 0 aromatic heterocycles. The highest BCUT2D eigenvalue weighted by atomic mass is 16.4. The van der Waals surface area contributed by atoms with Crippen molar-refractivity contribution < 1.29 is 24.6 Å². The number of rotatable bonds is 10. The topological polar surface area (TPSA) is 168 Å². The smallest absolute Gasteiger partial charge is 0.328 e. The molecule has 0 aliphatic rings. The maximum atomic E-state index is 11.6. The molecule has 122 valence electrons. The molecule has 8 N–H and O–H groups in total. The van der Waals surface area contributed by atoms with Gasteiger partial charge in [-0.15, -0.1) is 0 Å². The minimum atomic E-state index is -1.42. The summed E-state index contributed by atoms with van der Waals surface area (Å²) in [5.41, 5.74) is 10.9. The van der Waals surface area contributed by atoms with Gasteiger partial charge in [0.25, 0.3) is 0 Å².